The molecule has 31 heavy (non-hydrogen) atoms. The standard InChI is InChI=1S/C21H24N4O5S/c1-5-31(27,28)25(3)17-10-6-16(7-11-17)21(26)24(2)14-19-22-20(23-30-19)15-8-12-18(29-4)13-9-15/h6-13H,5,14H2,1-4H3. The molecular formula is C21H24N4O5S. The van der Waals surface area contributed by atoms with Crippen LogP contribution in [0.1, 0.15) is 23.2 Å². The Morgan fingerprint density at radius 3 is 2.29 bits per heavy atom. The Kier molecular flexibility index (Phi) is 6.59. The predicted octanol–water partition coefficient (Wildman–Crippen LogP) is 2.80. The minimum Gasteiger partial charge on any atom is -0.497 e. The third-order valence-electron chi connectivity index (χ3n) is 4.80. The number of sulfonamides is 1. The van der Waals surface area contributed by atoms with E-state index in [4.69, 9.17) is 9.26 Å². The molecule has 0 atom stereocenters. The van der Waals surface area contributed by atoms with Crippen molar-refractivity contribution >= 4 is 21.6 Å². The first kappa shape index (κ1) is 22.3. The lowest BCUT2D eigenvalue weighted by Crippen LogP contribution is -2.28. The zero-order valence-corrected chi connectivity index (χ0v) is 18.6. The van der Waals surface area contributed by atoms with Crippen LogP contribution in [0, 0.1) is 0 Å². The van der Waals surface area contributed by atoms with Crippen molar-refractivity contribution in [1.82, 2.24) is 15.0 Å². The molecule has 9 nitrogen and oxygen atoms in total. The number of methoxy groups -OCH3 is 1. The van der Waals surface area contributed by atoms with Gasteiger partial charge < -0.3 is 14.2 Å². The summed E-state index contributed by atoms with van der Waals surface area (Å²) in [5, 5.41) is 3.96. The smallest absolute Gasteiger partial charge is 0.254 e. The van der Waals surface area contributed by atoms with Crippen LogP contribution in [0.5, 0.6) is 5.75 Å². The Hall–Kier alpha value is -3.40. The molecule has 1 amide bonds. The number of aromatic nitrogens is 2. The SMILES string of the molecule is CCS(=O)(=O)N(C)c1ccc(C(=O)N(C)Cc2nc(-c3ccc(OC)cc3)no2)cc1. The highest BCUT2D eigenvalue weighted by Crippen LogP contribution is 2.21. The van der Waals surface area contributed by atoms with E-state index in [1.807, 2.05) is 12.1 Å². The number of anilines is 1. The Morgan fingerprint density at radius 1 is 1.06 bits per heavy atom. The highest BCUT2D eigenvalue weighted by molar-refractivity contribution is 7.92. The molecule has 10 heteroatoms. The van der Waals surface area contributed by atoms with Crippen LogP contribution < -0.4 is 9.04 Å². The number of hydrogen-bond donors (Lipinski definition) is 0. The van der Waals surface area contributed by atoms with Gasteiger partial charge in [0.1, 0.15) is 5.75 Å². The third kappa shape index (κ3) is 5.02. The molecule has 0 aliphatic rings. The van der Waals surface area contributed by atoms with Gasteiger partial charge in [0, 0.05) is 25.2 Å². The van der Waals surface area contributed by atoms with Gasteiger partial charge in [-0.15, -0.1) is 0 Å². The van der Waals surface area contributed by atoms with Crippen molar-refractivity contribution in [1.29, 1.82) is 0 Å². The van der Waals surface area contributed by atoms with E-state index in [0.717, 1.165) is 11.3 Å². The lowest BCUT2D eigenvalue weighted by molar-refractivity contribution is 0.0769. The van der Waals surface area contributed by atoms with Gasteiger partial charge in [0.15, 0.2) is 0 Å². The van der Waals surface area contributed by atoms with Gasteiger partial charge in [0.25, 0.3) is 5.91 Å². The molecule has 0 saturated heterocycles. The molecule has 3 aromatic rings. The van der Waals surface area contributed by atoms with Gasteiger partial charge >= 0.3 is 0 Å². The van der Waals surface area contributed by atoms with Crippen LogP contribution in [-0.2, 0) is 16.6 Å². The Bertz CT molecular complexity index is 1140. The maximum absolute atomic E-state index is 12.7. The van der Waals surface area contributed by atoms with E-state index in [9.17, 15) is 13.2 Å². The Labute approximate surface area is 181 Å². The largest absolute Gasteiger partial charge is 0.497 e. The van der Waals surface area contributed by atoms with Gasteiger partial charge in [-0.25, -0.2) is 8.42 Å². The highest BCUT2D eigenvalue weighted by Gasteiger charge is 2.19. The first-order valence-electron chi connectivity index (χ1n) is 9.54. The second-order valence-corrected chi connectivity index (χ2v) is 9.11. The number of hydrogen-bond acceptors (Lipinski definition) is 7. The number of carbonyl (C=O) groups excluding carboxylic acids is 1. The molecular weight excluding hydrogens is 420 g/mol. The molecule has 0 spiro atoms. The van der Waals surface area contributed by atoms with Crippen LogP contribution in [0.2, 0.25) is 0 Å². The topological polar surface area (TPSA) is 106 Å². The van der Waals surface area contributed by atoms with Crippen LogP contribution in [0.15, 0.2) is 53.1 Å². The zero-order valence-electron chi connectivity index (χ0n) is 17.8. The molecule has 2 aromatic carbocycles. The third-order valence-corrected chi connectivity index (χ3v) is 6.57. The first-order chi connectivity index (χ1) is 14.7. The molecule has 1 aromatic heterocycles. The average molecular weight is 445 g/mol. The molecule has 1 heterocycles. The number of amides is 1. The van der Waals surface area contributed by atoms with Crippen molar-refractivity contribution in [2.75, 3.05) is 31.3 Å². The van der Waals surface area contributed by atoms with Crippen LogP contribution >= 0.6 is 0 Å². The molecule has 0 aliphatic heterocycles. The van der Waals surface area contributed by atoms with Crippen molar-refractivity contribution in [2.45, 2.75) is 13.5 Å². The summed E-state index contributed by atoms with van der Waals surface area (Å²) in [6, 6.07) is 13.6. The zero-order chi connectivity index (χ0) is 22.6. The molecule has 0 N–H and O–H groups in total. The van der Waals surface area contributed by atoms with Gasteiger partial charge in [0.05, 0.1) is 25.1 Å². The van der Waals surface area contributed by atoms with E-state index in [1.165, 1.54) is 16.3 Å². The van der Waals surface area contributed by atoms with Crippen LogP contribution in [0.3, 0.4) is 0 Å². The second-order valence-electron chi connectivity index (χ2n) is 6.82. The summed E-state index contributed by atoms with van der Waals surface area (Å²) in [5.41, 5.74) is 1.68. The van der Waals surface area contributed by atoms with E-state index < -0.39 is 10.0 Å². The molecule has 0 saturated carbocycles. The monoisotopic (exact) mass is 444 g/mol. The minimum absolute atomic E-state index is 0.00435. The molecule has 0 bridgehead atoms. The van der Waals surface area contributed by atoms with Gasteiger partial charge in [0.2, 0.25) is 21.7 Å². The summed E-state index contributed by atoms with van der Waals surface area (Å²) in [5.74, 6) is 1.18. The van der Waals surface area contributed by atoms with Crippen molar-refractivity contribution in [3.63, 3.8) is 0 Å². The molecule has 0 unspecified atom stereocenters. The Morgan fingerprint density at radius 2 is 1.71 bits per heavy atom. The van der Waals surface area contributed by atoms with Crippen molar-refractivity contribution in [3.05, 3.63) is 60.0 Å². The summed E-state index contributed by atoms with van der Waals surface area (Å²) < 4.78 is 35.6. The highest BCUT2D eigenvalue weighted by atomic mass is 32.2. The average Bonchev–Trinajstić information content (AvgIpc) is 3.26. The normalized spacial score (nSPS) is 11.2. The summed E-state index contributed by atoms with van der Waals surface area (Å²) in [6.45, 7) is 1.71. The summed E-state index contributed by atoms with van der Waals surface area (Å²) in [7, 11) is 1.34. The molecule has 0 fully saturated rings. The van der Waals surface area contributed by atoms with Crippen LogP contribution in [-0.4, -0.2) is 56.3 Å². The minimum atomic E-state index is -3.36. The summed E-state index contributed by atoms with van der Waals surface area (Å²) in [4.78, 5) is 18.5. The van der Waals surface area contributed by atoms with E-state index >= 15 is 0 Å². The summed E-state index contributed by atoms with van der Waals surface area (Å²) in [6.07, 6.45) is 0. The van der Waals surface area contributed by atoms with E-state index in [2.05, 4.69) is 10.1 Å². The fourth-order valence-corrected chi connectivity index (χ4v) is 3.67. The first-order valence-corrected chi connectivity index (χ1v) is 11.1. The Balaban J connectivity index is 1.67. The lowest BCUT2D eigenvalue weighted by Gasteiger charge is -2.19. The van der Waals surface area contributed by atoms with E-state index in [1.54, 1.807) is 57.5 Å². The molecule has 0 aliphatic carbocycles. The lowest BCUT2D eigenvalue weighted by atomic mass is 10.2. The van der Waals surface area contributed by atoms with Crippen LogP contribution in [0.4, 0.5) is 5.69 Å². The molecule has 0 radical (unpaired) electrons. The fourth-order valence-electron chi connectivity index (χ4n) is 2.84. The van der Waals surface area contributed by atoms with E-state index in [0.29, 0.717) is 23.0 Å². The van der Waals surface area contributed by atoms with Crippen molar-refractivity contribution < 1.29 is 22.5 Å². The summed E-state index contributed by atoms with van der Waals surface area (Å²) >= 11 is 0. The predicted molar refractivity (Wildman–Crippen MR) is 116 cm³/mol. The number of nitrogens with zero attached hydrogens (tertiary/aromatic N) is 4. The van der Waals surface area contributed by atoms with Gasteiger partial charge in [-0.3, -0.25) is 9.10 Å². The van der Waals surface area contributed by atoms with Gasteiger partial charge in [-0.2, -0.15) is 4.98 Å². The van der Waals surface area contributed by atoms with Crippen molar-refractivity contribution in [2.24, 2.45) is 0 Å². The van der Waals surface area contributed by atoms with Gasteiger partial charge in [-0.1, -0.05) is 5.16 Å². The quantitative estimate of drug-likeness (QED) is 0.526. The maximum Gasteiger partial charge on any atom is 0.254 e. The number of carbonyl (C=O) groups is 1. The second kappa shape index (κ2) is 9.17. The fraction of sp³-hybridized carbons (Fsp3) is 0.286. The van der Waals surface area contributed by atoms with Crippen LogP contribution in [0.25, 0.3) is 11.4 Å². The molecule has 3 rings (SSSR count). The molecule has 164 valence electrons. The van der Waals surface area contributed by atoms with Gasteiger partial charge in [-0.05, 0) is 55.5 Å². The number of rotatable bonds is 8. The number of benzene rings is 2. The number of ether oxygens (including phenoxy) is 1. The van der Waals surface area contributed by atoms with Crippen molar-refractivity contribution in [3.8, 4) is 17.1 Å². The maximum atomic E-state index is 12.7. The van der Waals surface area contributed by atoms with E-state index in [-0.39, 0.29) is 18.2 Å².